The molecule has 0 saturated carbocycles. The van der Waals surface area contributed by atoms with Crippen LogP contribution in [0.2, 0.25) is 0 Å². The summed E-state index contributed by atoms with van der Waals surface area (Å²) in [6, 6.07) is 0. The van der Waals surface area contributed by atoms with E-state index in [4.69, 9.17) is 0 Å². The fraction of sp³-hybridized carbons (Fsp3) is 0.800. The zero-order chi connectivity index (χ0) is 3.41. The Hall–Kier alpha value is 1.10. The first-order chi connectivity index (χ1) is 1.91. The molecule has 0 nitrogen and oxygen atoms in total. The maximum Gasteiger partial charge on any atom is 0 e. The number of unbranched alkanes of at least 4 members (excludes halogenated alkanes) is 1. The van der Waals surface area contributed by atoms with E-state index in [2.05, 4.69) is 13.8 Å². The molecule has 1 heteroatoms. The average molecular weight is 162 g/mol. The van der Waals surface area contributed by atoms with Gasteiger partial charge in [-0.05, 0) is 0 Å². The van der Waals surface area contributed by atoms with Crippen LogP contribution in [0, 0.1) is 6.92 Å². The second kappa shape index (κ2) is 16.5. The Morgan fingerprint density at radius 3 is 1.67 bits per heavy atom. The minimum atomic E-state index is 0. The van der Waals surface area contributed by atoms with Crippen molar-refractivity contribution in [3.05, 3.63) is 6.92 Å². The van der Waals surface area contributed by atoms with Gasteiger partial charge in [0.1, 0.15) is 0 Å². The fourth-order valence-corrected chi connectivity index (χ4v) is 0. The first-order valence-electron chi connectivity index (χ1n) is 1.71. The molecule has 0 aliphatic rings. The van der Waals surface area contributed by atoms with E-state index in [1.165, 1.54) is 6.42 Å². The van der Waals surface area contributed by atoms with Crippen LogP contribution in [0.1, 0.15) is 27.2 Å². The second-order valence-corrected chi connectivity index (χ2v) is 0.854. The third-order valence-corrected chi connectivity index (χ3v) is 0.354. The summed E-state index contributed by atoms with van der Waals surface area (Å²) >= 11 is 0. The molecule has 1 radical (unpaired) electrons. The van der Waals surface area contributed by atoms with Gasteiger partial charge in [0.25, 0.3) is 0 Å². The summed E-state index contributed by atoms with van der Waals surface area (Å²) in [5.41, 5.74) is 0. The summed E-state index contributed by atoms with van der Waals surface area (Å²) in [7, 11) is 0. The van der Waals surface area contributed by atoms with E-state index in [0.29, 0.717) is 0 Å². The first kappa shape index (κ1) is 15.7. The van der Waals surface area contributed by atoms with E-state index in [1.54, 1.807) is 0 Å². The van der Waals surface area contributed by atoms with Crippen LogP contribution in [0.4, 0.5) is 0 Å². The Labute approximate surface area is 66.6 Å². The van der Waals surface area contributed by atoms with Gasteiger partial charge in [0.2, 0.25) is 0 Å². The van der Waals surface area contributed by atoms with Gasteiger partial charge in [0.15, 0.2) is 0 Å². The predicted octanol–water partition coefficient (Wildman–Crippen LogP) is 2.25. The normalized spacial score (nSPS) is 5.00. The van der Waals surface area contributed by atoms with Crippen molar-refractivity contribution in [2.75, 3.05) is 0 Å². The summed E-state index contributed by atoms with van der Waals surface area (Å²) < 4.78 is 0. The van der Waals surface area contributed by atoms with Crippen molar-refractivity contribution in [2.24, 2.45) is 0 Å². The molecule has 0 aliphatic heterocycles. The molecular weight excluding hydrogens is 149 g/mol. The Kier molecular flexibility index (Phi) is 43.2. The molecule has 0 bridgehead atoms. The third-order valence-electron chi connectivity index (χ3n) is 0.354. The van der Waals surface area contributed by atoms with Crippen LogP contribution in [0.25, 0.3) is 0 Å². The van der Waals surface area contributed by atoms with E-state index in [0.717, 1.165) is 6.42 Å². The van der Waals surface area contributed by atoms with Gasteiger partial charge < -0.3 is 6.92 Å². The maximum absolute atomic E-state index is 3.60. The molecule has 0 aliphatic carbocycles. The van der Waals surface area contributed by atoms with Crippen LogP contribution in [0.5, 0.6) is 0 Å². The van der Waals surface area contributed by atoms with Crippen LogP contribution < -0.4 is 0 Å². The van der Waals surface area contributed by atoms with Gasteiger partial charge in [-0.25, -0.2) is 0 Å². The molecule has 0 spiro atoms. The summed E-state index contributed by atoms with van der Waals surface area (Å²) in [5.74, 6) is 0. The maximum atomic E-state index is 3.60. The monoisotopic (exact) mass is 162 g/mol. The molecule has 0 atom stereocenters. The second-order valence-electron chi connectivity index (χ2n) is 0.854. The van der Waals surface area contributed by atoms with E-state index < -0.39 is 0 Å². The molecule has 37 valence electrons. The Morgan fingerprint density at radius 1 is 1.50 bits per heavy atom. The predicted molar refractivity (Wildman–Crippen MR) is 27.0 cm³/mol. The molecule has 0 amide bonds. The quantitative estimate of drug-likeness (QED) is 0.518. The molecular formula is C5H13Y-. The molecule has 0 aromatic rings. The fourth-order valence-electron chi connectivity index (χ4n) is 0. The molecule has 6 heavy (non-hydrogen) atoms. The molecule has 0 fully saturated rings. The number of rotatable bonds is 1. The summed E-state index contributed by atoms with van der Waals surface area (Å²) in [4.78, 5) is 0. The molecule has 0 unspecified atom stereocenters. The summed E-state index contributed by atoms with van der Waals surface area (Å²) in [5, 5.41) is 0. The number of hydrogen-bond donors (Lipinski definition) is 0. The van der Waals surface area contributed by atoms with Crippen molar-refractivity contribution in [3.8, 4) is 0 Å². The van der Waals surface area contributed by atoms with Crippen molar-refractivity contribution in [2.45, 2.75) is 27.2 Å². The van der Waals surface area contributed by atoms with E-state index in [1.807, 2.05) is 0 Å². The molecule has 0 aromatic heterocycles. The van der Waals surface area contributed by atoms with Crippen LogP contribution in [0.15, 0.2) is 0 Å². The molecule has 0 heterocycles. The third kappa shape index (κ3) is 19.4. The minimum Gasteiger partial charge on any atom is -0.343 e. The summed E-state index contributed by atoms with van der Waals surface area (Å²) in [6.07, 6.45) is 2.28. The van der Waals surface area contributed by atoms with Crippen LogP contribution >= 0.6 is 0 Å². The molecule has 0 N–H and O–H groups in total. The van der Waals surface area contributed by atoms with Gasteiger partial charge >= 0.3 is 0 Å². The van der Waals surface area contributed by atoms with Crippen molar-refractivity contribution >= 4 is 0 Å². The van der Waals surface area contributed by atoms with Crippen LogP contribution in [0.3, 0.4) is 0 Å². The average Bonchev–Trinajstić information content (AvgIpc) is 1.37. The molecule has 0 aromatic carbocycles. The van der Waals surface area contributed by atoms with Gasteiger partial charge in [-0.3, -0.25) is 0 Å². The van der Waals surface area contributed by atoms with Gasteiger partial charge in [0, 0.05) is 32.7 Å². The van der Waals surface area contributed by atoms with Crippen molar-refractivity contribution in [3.63, 3.8) is 0 Å². The largest absolute Gasteiger partial charge is 0.343 e. The topological polar surface area (TPSA) is 0 Å². The Bertz CT molecular complexity index is 5.90. The molecule has 0 saturated heterocycles. The van der Waals surface area contributed by atoms with Crippen molar-refractivity contribution in [1.82, 2.24) is 0 Å². The van der Waals surface area contributed by atoms with Gasteiger partial charge in [0.05, 0.1) is 0 Å². The first-order valence-corrected chi connectivity index (χ1v) is 1.71. The van der Waals surface area contributed by atoms with E-state index >= 15 is 0 Å². The Balaban J connectivity index is -0.0000000450. The molecule has 0 rings (SSSR count). The van der Waals surface area contributed by atoms with Gasteiger partial charge in [-0.2, -0.15) is 6.42 Å². The van der Waals surface area contributed by atoms with Crippen molar-refractivity contribution in [1.29, 1.82) is 0 Å². The van der Waals surface area contributed by atoms with Crippen LogP contribution in [-0.2, 0) is 32.7 Å². The van der Waals surface area contributed by atoms with Gasteiger partial charge in [-0.1, -0.05) is 20.8 Å². The zero-order valence-corrected chi connectivity index (χ0v) is 6.54. The SMILES string of the molecule is C.[CH2-]CCC.[Y]. The van der Waals surface area contributed by atoms with E-state index in [-0.39, 0.29) is 40.1 Å². The smallest absolute Gasteiger partial charge is 0 e. The number of hydrogen-bond acceptors (Lipinski definition) is 0. The van der Waals surface area contributed by atoms with Crippen LogP contribution in [-0.4, -0.2) is 0 Å². The van der Waals surface area contributed by atoms with E-state index in [9.17, 15) is 0 Å². The minimum absolute atomic E-state index is 0. The van der Waals surface area contributed by atoms with Gasteiger partial charge in [-0.15, -0.1) is 0 Å². The zero-order valence-electron chi connectivity index (χ0n) is 3.70. The Morgan fingerprint density at radius 2 is 1.67 bits per heavy atom. The van der Waals surface area contributed by atoms with Crippen molar-refractivity contribution < 1.29 is 32.7 Å². The summed E-state index contributed by atoms with van der Waals surface area (Å²) in [6.45, 7) is 5.72. The standard InChI is InChI=1S/C4H9.CH4.Y/c1-3-4-2;;/h1,3-4H2,2H3;1H4;/q-1;;.